The highest BCUT2D eigenvalue weighted by molar-refractivity contribution is 5.49. The second-order valence-electron chi connectivity index (χ2n) is 8.19. The van der Waals surface area contributed by atoms with Crippen molar-refractivity contribution in [3.8, 4) is 0 Å². The summed E-state index contributed by atoms with van der Waals surface area (Å²) in [5.41, 5.74) is -0.481. The minimum atomic E-state index is -0.715. The number of rotatable bonds is 3. The molecule has 1 saturated carbocycles. The van der Waals surface area contributed by atoms with Gasteiger partial charge in [-0.25, -0.2) is 9.78 Å². The molecular formula is C18H28O5. The van der Waals surface area contributed by atoms with Gasteiger partial charge in [-0.1, -0.05) is 13.8 Å². The Morgan fingerprint density at radius 3 is 2.74 bits per heavy atom. The van der Waals surface area contributed by atoms with Crippen LogP contribution in [0.4, 0.5) is 0 Å². The van der Waals surface area contributed by atoms with E-state index in [1.807, 2.05) is 6.92 Å². The highest BCUT2D eigenvalue weighted by atomic mass is 17.3. The molecule has 4 aliphatic heterocycles. The van der Waals surface area contributed by atoms with Crippen molar-refractivity contribution in [2.75, 3.05) is 0 Å². The van der Waals surface area contributed by atoms with Crippen LogP contribution in [0.25, 0.3) is 0 Å². The number of fused-ring (bicyclic) bond motifs is 2. The minimum Gasteiger partial charge on any atom is -0.346 e. The van der Waals surface area contributed by atoms with Gasteiger partial charge in [0.2, 0.25) is 5.79 Å². The van der Waals surface area contributed by atoms with E-state index in [2.05, 4.69) is 13.8 Å². The molecule has 5 heteroatoms. The van der Waals surface area contributed by atoms with Gasteiger partial charge in [0, 0.05) is 18.8 Å². The first kappa shape index (κ1) is 16.0. The lowest BCUT2D eigenvalue weighted by Gasteiger charge is -2.60. The van der Waals surface area contributed by atoms with Crippen molar-refractivity contribution in [2.24, 2.45) is 23.7 Å². The molecule has 0 aromatic heterocycles. The molecule has 0 unspecified atom stereocenters. The molecule has 0 N–H and O–H groups in total. The van der Waals surface area contributed by atoms with Crippen LogP contribution in [-0.4, -0.2) is 30.1 Å². The summed E-state index contributed by atoms with van der Waals surface area (Å²) in [6.45, 7) is 6.50. The second kappa shape index (κ2) is 5.51. The van der Waals surface area contributed by atoms with Gasteiger partial charge in [0.15, 0.2) is 11.9 Å². The predicted octanol–water partition coefficient (Wildman–Crippen LogP) is 3.22. The molecule has 4 saturated heterocycles. The maximum atomic E-state index is 10.8. The molecule has 2 bridgehead atoms. The van der Waals surface area contributed by atoms with Crippen LogP contribution in [0.15, 0.2) is 0 Å². The summed E-state index contributed by atoms with van der Waals surface area (Å²) in [7, 11) is 0. The topological polar surface area (TPSA) is 54.0 Å². The largest absolute Gasteiger partial charge is 0.346 e. The number of ether oxygens (including phenoxy) is 2. The van der Waals surface area contributed by atoms with Crippen LogP contribution in [0.1, 0.15) is 59.3 Å². The normalized spacial score (nSPS) is 55.1. The van der Waals surface area contributed by atoms with E-state index >= 15 is 0 Å². The van der Waals surface area contributed by atoms with E-state index in [0.29, 0.717) is 30.1 Å². The van der Waals surface area contributed by atoms with Gasteiger partial charge in [0.1, 0.15) is 6.29 Å². The zero-order valence-electron chi connectivity index (χ0n) is 14.3. The number of aldehydes is 1. The quantitative estimate of drug-likeness (QED) is 0.589. The summed E-state index contributed by atoms with van der Waals surface area (Å²) in [6.07, 6.45) is 6.17. The van der Waals surface area contributed by atoms with Crippen molar-refractivity contribution in [2.45, 2.75) is 83.1 Å². The Labute approximate surface area is 137 Å². The third-order valence-electron chi connectivity index (χ3n) is 6.86. The highest BCUT2D eigenvalue weighted by Gasteiger charge is 2.69. The summed E-state index contributed by atoms with van der Waals surface area (Å²) < 4.78 is 12.7. The molecule has 5 rings (SSSR count). The number of carbonyl (C=O) groups excluding carboxylic acids is 1. The van der Waals surface area contributed by atoms with Gasteiger partial charge in [-0.2, -0.15) is 0 Å². The average molecular weight is 324 g/mol. The van der Waals surface area contributed by atoms with E-state index in [0.717, 1.165) is 32.0 Å². The van der Waals surface area contributed by atoms with Crippen molar-refractivity contribution >= 4 is 6.29 Å². The first-order valence-electron chi connectivity index (χ1n) is 9.14. The first-order chi connectivity index (χ1) is 11.0. The number of carbonyl (C=O) groups is 1. The van der Waals surface area contributed by atoms with Gasteiger partial charge < -0.3 is 14.3 Å². The second-order valence-corrected chi connectivity index (χ2v) is 8.19. The van der Waals surface area contributed by atoms with E-state index in [-0.39, 0.29) is 12.4 Å². The van der Waals surface area contributed by atoms with Crippen LogP contribution in [-0.2, 0) is 24.0 Å². The molecule has 5 aliphatic rings. The molecule has 1 spiro atoms. The third kappa shape index (κ3) is 2.24. The van der Waals surface area contributed by atoms with Crippen LogP contribution >= 0.6 is 0 Å². The monoisotopic (exact) mass is 324 g/mol. The van der Waals surface area contributed by atoms with Gasteiger partial charge in [0.25, 0.3) is 0 Å². The lowest BCUT2D eigenvalue weighted by Crippen LogP contribution is -2.70. The Morgan fingerprint density at radius 1 is 1.13 bits per heavy atom. The molecule has 1 aliphatic carbocycles. The van der Waals surface area contributed by atoms with Crippen molar-refractivity contribution in [3.63, 3.8) is 0 Å². The molecule has 23 heavy (non-hydrogen) atoms. The molecule has 0 amide bonds. The Hall–Kier alpha value is -0.490. The lowest BCUT2D eigenvalue weighted by atomic mass is 9.57. The van der Waals surface area contributed by atoms with Gasteiger partial charge >= 0.3 is 0 Å². The fourth-order valence-electron chi connectivity index (χ4n) is 5.54. The standard InChI is InChI=1S/C18H28O5/c1-11-6-7-14-12(2)15(5-4-10-19)20-16-18(14)13(11)8-9-17(3,21-16)22-23-18/h10-16H,4-9H2,1-3H3/t11-,12-,13+,14+,15-,16-,17-,18-/m1/s1. The molecular weight excluding hydrogens is 296 g/mol. The zero-order valence-corrected chi connectivity index (χ0v) is 14.3. The van der Waals surface area contributed by atoms with Crippen molar-refractivity contribution < 1.29 is 24.0 Å². The van der Waals surface area contributed by atoms with Crippen molar-refractivity contribution in [1.82, 2.24) is 0 Å². The predicted molar refractivity (Wildman–Crippen MR) is 82.1 cm³/mol. The van der Waals surface area contributed by atoms with Crippen LogP contribution in [0.3, 0.4) is 0 Å². The number of hydrogen-bond donors (Lipinski definition) is 0. The molecule has 0 aromatic carbocycles. The SMILES string of the molecule is C[C@H]1[C@@H](CCC=O)O[C@@H]2O[C@@]3(C)CC[C@H]4[C@H](C)CC[C@@H]1[C@@]24OO3. The Balaban J connectivity index is 1.71. The van der Waals surface area contributed by atoms with Crippen molar-refractivity contribution in [1.29, 1.82) is 0 Å². The third-order valence-corrected chi connectivity index (χ3v) is 6.86. The lowest BCUT2D eigenvalue weighted by molar-refractivity contribution is -0.571. The van der Waals surface area contributed by atoms with Gasteiger partial charge in [-0.05, 0) is 50.4 Å². The molecule has 8 atom stereocenters. The number of hydrogen-bond acceptors (Lipinski definition) is 5. The zero-order chi connectivity index (χ0) is 16.2. The Morgan fingerprint density at radius 2 is 1.96 bits per heavy atom. The van der Waals surface area contributed by atoms with E-state index in [9.17, 15) is 4.79 Å². The maximum absolute atomic E-state index is 10.8. The van der Waals surface area contributed by atoms with Crippen LogP contribution in [0.2, 0.25) is 0 Å². The molecule has 5 fully saturated rings. The highest BCUT2D eigenvalue weighted by Crippen LogP contribution is 2.60. The van der Waals surface area contributed by atoms with E-state index in [1.165, 1.54) is 6.42 Å². The summed E-state index contributed by atoms with van der Waals surface area (Å²) in [5.74, 6) is 0.985. The summed E-state index contributed by atoms with van der Waals surface area (Å²) >= 11 is 0. The molecule has 0 radical (unpaired) electrons. The molecule has 5 nitrogen and oxygen atoms in total. The smallest absolute Gasteiger partial charge is 0.201 e. The fraction of sp³-hybridized carbons (Fsp3) is 0.944. The van der Waals surface area contributed by atoms with Gasteiger partial charge in [-0.3, -0.25) is 0 Å². The average Bonchev–Trinajstić information content (AvgIpc) is 2.76. The van der Waals surface area contributed by atoms with E-state index in [4.69, 9.17) is 19.2 Å². The molecule has 130 valence electrons. The Bertz CT molecular complexity index is 482. The maximum Gasteiger partial charge on any atom is 0.201 e. The molecule has 4 heterocycles. The summed E-state index contributed by atoms with van der Waals surface area (Å²) in [4.78, 5) is 22.7. The minimum absolute atomic E-state index is 0.0569. The van der Waals surface area contributed by atoms with Crippen LogP contribution < -0.4 is 0 Å². The summed E-state index contributed by atoms with van der Waals surface area (Å²) in [5, 5.41) is 0. The first-order valence-corrected chi connectivity index (χ1v) is 9.14. The van der Waals surface area contributed by atoms with Crippen LogP contribution in [0.5, 0.6) is 0 Å². The fourth-order valence-corrected chi connectivity index (χ4v) is 5.54. The van der Waals surface area contributed by atoms with Gasteiger partial charge in [0.05, 0.1) is 6.10 Å². The van der Waals surface area contributed by atoms with E-state index in [1.54, 1.807) is 0 Å². The summed E-state index contributed by atoms with van der Waals surface area (Å²) in [6, 6.07) is 0. The van der Waals surface area contributed by atoms with E-state index < -0.39 is 11.4 Å². The van der Waals surface area contributed by atoms with Gasteiger partial charge in [-0.15, -0.1) is 0 Å². The van der Waals surface area contributed by atoms with Crippen LogP contribution in [0, 0.1) is 23.7 Å². The van der Waals surface area contributed by atoms with Crippen molar-refractivity contribution in [3.05, 3.63) is 0 Å². The Kier molecular flexibility index (Phi) is 3.84. The molecule has 0 aromatic rings.